The second-order valence-corrected chi connectivity index (χ2v) is 13.1. The van der Waals surface area contributed by atoms with Crippen molar-refractivity contribution in [2.75, 3.05) is 26.3 Å². The number of non-ortho nitro benzene ring substituents is 1. The van der Waals surface area contributed by atoms with Crippen LogP contribution in [0, 0.1) is 16.0 Å². The van der Waals surface area contributed by atoms with Crippen molar-refractivity contribution < 1.29 is 46.5 Å². The third-order valence-electron chi connectivity index (χ3n) is 6.12. The lowest BCUT2D eigenvalue weighted by Gasteiger charge is -2.33. The Kier molecular flexibility index (Phi) is 11.4. The van der Waals surface area contributed by atoms with E-state index in [1.165, 1.54) is 0 Å². The summed E-state index contributed by atoms with van der Waals surface area (Å²) in [7, 11) is -9.52. The standard InChI is InChI=1S/C25H34N3O11PS/c1-18(2)15-27(41(35,36)22-10-8-20(9-11-22)28(30)31)16-24(39-40(32,33)34)23(14-19-6-4-3-5-7-19)26-25(29)38-21-12-13-37-17-21/h3-11,18,21,23-24H,12-17H2,1-2H3,(H,26,29)(H2,32,33,34)/t21?,23-,24?/m0/s1. The molecule has 0 aromatic heterocycles. The summed E-state index contributed by atoms with van der Waals surface area (Å²) in [5.74, 6) is -0.230. The molecule has 41 heavy (non-hydrogen) atoms. The number of carbonyl (C=O) groups is 1. The maximum atomic E-state index is 13.7. The van der Waals surface area contributed by atoms with E-state index in [9.17, 15) is 37.7 Å². The molecule has 0 saturated carbocycles. The summed E-state index contributed by atoms with van der Waals surface area (Å²) in [5.41, 5.74) is 0.371. The third kappa shape index (κ3) is 10.1. The number of rotatable bonds is 14. The van der Waals surface area contributed by atoms with Gasteiger partial charge in [-0.15, -0.1) is 0 Å². The molecule has 1 fully saturated rings. The number of alkyl carbamates (subject to hydrolysis) is 1. The second-order valence-electron chi connectivity index (χ2n) is 9.93. The maximum Gasteiger partial charge on any atom is 0.469 e. The summed E-state index contributed by atoms with van der Waals surface area (Å²) in [6, 6.07) is 11.8. The minimum absolute atomic E-state index is 0.0227. The van der Waals surface area contributed by atoms with Crippen LogP contribution in [0.4, 0.5) is 10.5 Å². The Morgan fingerprint density at radius 1 is 1.17 bits per heavy atom. The number of hydrogen-bond donors (Lipinski definition) is 3. The molecular weight excluding hydrogens is 581 g/mol. The summed E-state index contributed by atoms with van der Waals surface area (Å²) < 4.78 is 56.1. The topological polar surface area (TPSA) is 195 Å². The third-order valence-corrected chi connectivity index (χ3v) is 8.51. The number of phosphoric acid groups is 1. The van der Waals surface area contributed by atoms with Crippen LogP contribution < -0.4 is 5.32 Å². The molecule has 0 bridgehead atoms. The normalized spacial score (nSPS) is 17.4. The summed E-state index contributed by atoms with van der Waals surface area (Å²) in [4.78, 5) is 42.5. The van der Waals surface area contributed by atoms with Gasteiger partial charge in [0.05, 0.1) is 29.1 Å². The van der Waals surface area contributed by atoms with Crippen LogP contribution in [0.5, 0.6) is 0 Å². The Balaban J connectivity index is 1.97. The van der Waals surface area contributed by atoms with E-state index in [1.807, 2.05) is 0 Å². The predicted molar refractivity (Wildman–Crippen MR) is 146 cm³/mol. The van der Waals surface area contributed by atoms with Gasteiger partial charge in [-0.3, -0.25) is 14.6 Å². The zero-order chi connectivity index (χ0) is 30.2. The zero-order valence-electron chi connectivity index (χ0n) is 22.6. The highest BCUT2D eigenvalue weighted by atomic mass is 32.2. The molecule has 1 heterocycles. The first-order valence-electron chi connectivity index (χ1n) is 12.8. The molecule has 3 N–H and O–H groups in total. The van der Waals surface area contributed by atoms with Gasteiger partial charge in [0.2, 0.25) is 10.0 Å². The van der Waals surface area contributed by atoms with Gasteiger partial charge in [-0.05, 0) is 30.0 Å². The fraction of sp³-hybridized carbons (Fsp3) is 0.480. The Morgan fingerprint density at radius 2 is 1.83 bits per heavy atom. The van der Waals surface area contributed by atoms with Gasteiger partial charge in [0, 0.05) is 31.6 Å². The number of benzene rings is 2. The van der Waals surface area contributed by atoms with Crippen LogP contribution in [0.1, 0.15) is 25.8 Å². The Morgan fingerprint density at radius 3 is 2.37 bits per heavy atom. The highest BCUT2D eigenvalue weighted by molar-refractivity contribution is 7.89. The van der Waals surface area contributed by atoms with Crippen LogP contribution in [0.3, 0.4) is 0 Å². The SMILES string of the molecule is CC(C)CN(CC(OP(=O)(O)O)[C@H](Cc1ccccc1)NC(=O)OC1CCOC1)S(=O)(=O)c1ccc([N+](=O)[O-])cc1. The van der Waals surface area contributed by atoms with Crippen molar-refractivity contribution in [1.29, 1.82) is 0 Å². The number of nitro benzene ring substituents is 1. The minimum Gasteiger partial charge on any atom is -0.444 e. The number of amides is 1. The van der Waals surface area contributed by atoms with Gasteiger partial charge in [0.1, 0.15) is 12.2 Å². The molecule has 226 valence electrons. The van der Waals surface area contributed by atoms with E-state index in [1.54, 1.807) is 44.2 Å². The van der Waals surface area contributed by atoms with Crippen molar-refractivity contribution >= 4 is 29.6 Å². The molecule has 1 aliphatic heterocycles. The monoisotopic (exact) mass is 615 g/mol. The molecule has 1 amide bonds. The Bertz CT molecular complexity index is 1310. The van der Waals surface area contributed by atoms with Crippen molar-refractivity contribution in [1.82, 2.24) is 9.62 Å². The largest absolute Gasteiger partial charge is 0.469 e. The van der Waals surface area contributed by atoms with Gasteiger partial charge in [-0.2, -0.15) is 4.31 Å². The molecule has 1 aliphatic rings. The maximum absolute atomic E-state index is 13.7. The first kappa shape index (κ1) is 32.6. The van der Waals surface area contributed by atoms with Crippen molar-refractivity contribution in [3.63, 3.8) is 0 Å². The first-order valence-corrected chi connectivity index (χ1v) is 15.8. The number of phosphoric ester groups is 1. The highest BCUT2D eigenvalue weighted by Gasteiger charge is 2.37. The van der Waals surface area contributed by atoms with Crippen LogP contribution in [-0.4, -0.2) is 78.1 Å². The van der Waals surface area contributed by atoms with Crippen LogP contribution in [0.25, 0.3) is 0 Å². The van der Waals surface area contributed by atoms with E-state index < -0.39 is 53.7 Å². The van der Waals surface area contributed by atoms with E-state index in [0.29, 0.717) is 18.6 Å². The lowest BCUT2D eigenvalue weighted by Crippen LogP contribution is -2.52. The van der Waals surface area contributed by atoms with Gasteiger partial charge in [0.25, 0.3) is 5.69 Å². The Labute approximate surface area is 238 Å². The van der Waals surface area contributed by atoms with Gasteiger partial charge in [-0.25, -0.2) is 17.8 Å². The molecule has 0 spiro atoms. The lowest BCUT2D eigenvalue weighted by molar-refractivity contribution is -0.384. The molecule has 2 unspecified atom stereocenters. The van der Waals surface area contributed by atoms with E-state index in [2.05, 4.69) is 5.32 Å². The molecule has 0 aliphatic carbocycles. The highest BCUT2D eigenvalue weighted by Crippen LogP contribution is 2.39. The van der Waals surface area contributed by atoms with E-state index in [4.69, 9.17) is 14.0 Å². The fourth-order valence-electron chi connectivity index (χ4n) is 4.26. The molecule has 0 radical (unpaired) electrons. The minimum atomic E-state index is -5.19. The van der Waals surface area contributed by atoms with Crippen LogP contribution in [-0.2, 0) is 35.0 Å². The zero-order valence-corrected chi connectivity index (χ0v) is 24.3. The molecule has 16 heteroatoms. The van der Waals surface area contributed by atoms with Crippen molar-refractivity contribution in [3.05, 3.63) is 70.3 Å². The van der Waals surface area contributed by atoms with Crippen LogP contribution in [0.2, 0.25) is 0 Å². The summed E-state index contributed by atoms with van der Waals surface area (Å²) in [6.07, 6.45) is -2.41. The van der Waals surface area contributed by atoms with Crippen molar-refractivity contribution in [3.8, 4) is 0 Å². The number of hydrogen-bond acceptors (Lipinski definition) is 9. The molecular formula is C25H34N3O11PS. The molecule has 3 atom stereocenters. The average Bonchev–Trinajstić information content (AvgIpc) is 3.40. The number of nitrogens with one attached hydrogen (secondary N) is 1. The quantitative estimate of drug-likeness (QED) is 0.161. The molecule has 1 saturated heterocycles. The molecule has 3 rings (SSSR count). The smallest absolute Gasteiger partial charge is 0.444 e. The molecule has 14 nitrogen and oxygen atoms in total. The van der Waals surface area contributed by atoms with Crippen LogP contribution >= 0.6 is 7.82 Å². The first-order chi connectivity index (χ1) is 19.2. The number of carbonyl (C=O) groups excluding carboxylic acids is 1. The molecule has 2 aromatic carbocycles. The number of nitro groups is 1. The summed E-state index contributed by atoms with van der Waals surface area (Å²) in [6.45, 7) is 3.47. The Hall–Kier alpha value is -2.91. The van der Waals surface area contributed by atoms with Gasteiger partial charge >= 0.3 is 13.9 Å². The fourth-order valence-corrected chi connectivity index (χ4v) is 6.45. The van der Waals surface area contributed by atoms with Gasteiger partial charge in [-0.1, -0.05) is 44.2 Å². The average molecular weight is 616 g/mol. The number of sulfonamides is 1. The summed E-state index contributed by atoms with van der Waals surface area (Å²) >= 11 is 0. The predicted octanol–water partition coefficient (Wildman–Crippen LogP) is 2.85. The number of ether oxygens (including phenoxy) is 2. The van der Waals surface area contributed by atoms with Crippen molar-refractivity contribution in [2.24, 2.45) is 5.92 Å². The van der Waals surface area contributed by atoms with E-state index in [0.717, 1.165) is 28.6 Å². The van der Waals surface area contributed by atoms with E-state index in [-0.39, 0.29) is 36.1 Å². The number of nitrogens with zero attached hydrogens (tertiary/aromatic N) is 2. The van der Waals surface area contributed by atoms with Gasteiger partial charge in [0.15, 0.2) is 0 Å². The van der Waals surface area contributed by atoms with Crippen molar-refractivity contribution in [2.45, 2.75) is 49.8 Å². The van der Waals surface area contributed by atoms with Gasteiger partial charge < -0.3 is 24.6 Å². The van der Waals surface area contributed by atoms with Crippen LogP contribution in [0.15, 0.2) is 59.5 Å². The summed E-state index contributed by atoms with van der Waals surface area (Å²) in [5, 5.41) is 13.6. The van der Waals surface area contributed by atoms with E-state index >= 15 is 0 Å². The lowest BCUT2D eigenvalue weighted by atomic mass is 10.0. The molecule has 2 aromatic rings. The second kappa shape index (κ2) is 14.3.